The smallest absolute Gasteiger partial charge is 0.258 e. The molecule has 0 aliphatic heterocycles. The minimum Gasteiger partial charge on any atom is -0.258 e. The first kappa shape index (κ1) is 11.9. The second-order valence-electron chi connectivity index (χ2n) is 3.38. The Labute approximate surface area is 108 Å². The van der Waals surface area contributed by atoms with Gasteiger partial charge in [-0.15, -0.1) is 0 Å². The summed E-state index contributed by atoms with van der Waals surface area (Å²) in [5.74, 6) is 0. The summed E-state index contributed by atoms with van der Waals surface area (Å²) in [7, 11) is 0. The van der Waals surface area contributed by atoms with Crippen LogP contribution in [-0.2, 0) is 0 Å². The number of hydrogen-bond acceptors (Lipinski definition) is 2. The lowest BCUT2D eigenvalue weighted by atomic mass is 10.1. The number of rotatable bonds is 2. The topological polar surface area (TPSA) is 43.1 Å². The van der Waals surface area contributed by atoms with Gasteiger partial charge in [-0.25, -0.2) is 0 Å². The van der Waals surface area contributed by atoms with Gasteiger partial charge in [0.2, 0.25) is 0 Å². The summed E-state index contributed by atoms with van der Waals surface area (Å²) in [6, 6.07) is 12.2. The molecule has 2 aromatic carbocycles. The Hall–Kier alpha value is -1.58. The van der Waals surface area contributed by atoms with Gasteiger partial charge in [0.25, 0.3) is 5.69 Å². The number of benzene rings is 2. The predicted molar refractivity (Wildman–Crippen MR) is 67.4 cm³/mol. The summed E-state index contributed by atoms with van der Waals surface area (Å²) >= 11 is 11.8. The average Bonchev–Trinajstić information content (AvgIpc) is 2.28. The summed E-state index contributed by atoms with van der Waals surface area (Å²) in [4.78, 5) is 10.2. The van der Waals surface area contributed by atoms with E-state index < -0.39 is 4.92 Å². The van der Waals surface area contributed by atoms with Crippen molar-refractivity contribution in [3.8, 4) is 11.1 Å². The van der Waals surface area contributed by atoms with Gasteiger partial charge in [0.05, 0.1) is 11.0 Å². The van der Waals surface area contributed by atoms with Crippen LogP contribution < -0.4 is 0 Å². The molecular formula is C12H6Cl2NO2. The minimum atomic E-state index is -0.490. The van der Waals surface area contributed by atoms with Crippen LogP contribution in [0.4, 0.5) is 5.69 Å². The second-order valence-corrected chi connectivity index (χ2v) is 4.25. The molecule has 0 aliphatic carbocycles. The summed E-state index contributed by atoms with van der Waals surface area (Å²) in [5, 5.41) is 11.6. The Morgan fingerprint density at radius 2 is 1.71 bits per heavy atom. The van der Waals surface area contributed by atoms with Gasteiger partial charge in [0.1, 0.15) is 0 Å². The first-order valence-electron chi connectivity index (χ1n) is 4.69. The van der Waals surface area contributed by atoms with E-state index >= 15 is 0 Å². The maximum absolute atomic E-state index is 10.6. The fourth-order valence-electron chi connectivity index (χ4n) is 1.46. The fraction of sp³-hybridized carbons (Fsp3) is 0. The lowest BCUT2D eigenvalue weighted by molar-refractivity contribution is -0.385. The van der Waals surface area contributed by atoms with Crippen LogP contribution >= 0.6 is 23.2 Å². The standard InChI is InChI=1S/C12H6Cl2NO2/c13-10-4-9(5-11(14)7-10)8-2-1-3-12(6-8)15(16)17/h1-2,4-7H. The highest BCUT2D eigenvalue weighted by Gasteiger charge is 2.08. The predicted octanol–water partition coefficient (Wildman–Crippen LogP) is 4.37. The van der Waals surface area contributed by atoms with Gasteiger partial charge < -0.3 is 0 Å². The first-order valence-corrected chi connectivity index (χ1v) is 5.44. The molecule has 5 heteroatoms. The molecule has 0 bridgehead atoms. The molecule has 0 fully saturated rings. The lowest BCUT2D eigenvalue weighted by Gasteiger charge is -2.03. The summed E-state index contributed by atoms with van der Waals surface area (Å²) in [5.41, 5.74) is 1.33. The van der Waals surface area contributed by atoms with E-state index in [1.54, 1.807) is 24.3 Å². The van der Waals surface area contributed by atoms with Crippen LogP contribution in [0.1, 0.15) is 0 Å². The van der Waals surface area contributed by atoms with Gasteiger partial charge >= 0.3 is 0 Å². The van der Waals surface area contributed by atoms with Gasteiger partial charge in [-0.3, -0.25) is 10.1 Å². The Kier molecular flexibility index (Phi) is 3.31. The largest absolute Gasteiger partial charge is 0.278 e. The molecule has 0 aliphatic rings. The SMILES string of the molecule is O=[N+]([O-])c1[c]ccc(-c2cc(Cl)cc(Cl)c2)c1. The number of nitrogens with zero attached hydrogens (tertiary/aromatic N) is 1. The molecular weight excluding hydrogens is 261 g/mol. The van der Waals surface area contributed by atoms with Gasteiger partial charge in [-0.1, -0.05) is 29.3 Å². The van der Waals surface area contributed by atoms with Gasteiger partial charge in [0.15, 0.2) is 0 Å². The third-order valence-corrected chi connectivity index (χ3v) is 2.62. The van der Waals surface area contributed by atoms with E-state index in [-0.39, 0.29) is 5.69 Å². The molecule has 0 aromatic heterocycles. The zero-order valence-electron chi connectivity index (χ0n) is 8.48. The van der Waals surface area contributed by atoms with Crippen molar-refractivity contribution in [3.05, 3.63) is 62.6 Å². The van der Waals surface area contributed by atoms with Crippen LogP contribution in [-0.4, -0.2) is 4.92 Å². The van der Waals surface area contributed by atoms with E-state index in [9.17, 15) is 10.1 Å². The van der Waals surface area contributed by atoms with Crippen LogP contribution in [0.25, 0.3) is 11.1 Å². The molecule has 85 valence electrons. The van der Waals surface area contributed by atoms with Crippen LogP contribution in [0, 0.1) is 16.2 Å². The van der Waals surface area contributed by atoms with E-state index in [0.717, 1.165) is 5.56 Å². The van der Waals surface area contributed by atoms with Crippen LogP contribution in [0.15, 0.2) is 36.4 Å². The second kappa shape index (κ2) is 4.73. The fourth-order valence-corrected chi connectivity index (χ4v) is 1.99. The molecule has 0 saturated heterocycles. The van der Waals surface area contributed by atoms with Crippen LogP contribution in [0.2, 0.25) is 10.0 Å². The number of nitro benzene ring substituents is 1. The molecule has 0 atom stereocenters. The molecule has 3 nitrogen and oxygen atoms in total. The molecule has 2 aromatic rings. The third-order valence-electron chi connectivity index (χ3n) is 2.18. The Balaban J connectivity index is 2.52. The van der Waals surface area contributed by atoms with Crippen molar-refractivity contribution in [3.63, 3.8) is 0 Å². The van der Waals surface area contributed by atoms with Gasteiger partial charge in [-0.05, 0) is 35.4 Å². The molecule has 0 spiro atoms. The molecule has 0 amide bonds. The third kappa shape index (κ3) is 2.75. The van der Waals surface area contributed by atoms with Crippen LogP contribution in [0.3, 0.4) is 0 Å². The monoisotopic (exact) mass is 266 g/mol. The summed E-state index contributed by atoms with van der Waals surface area (Å²) in [6.45, 7) is 0. The van der Waals surface area contributed by atoms with Crippen molar-refractivity contribution < 1.29 is 4.92 Å². The highest BCUT2D eigenvalue weighted by molar-refractivity contribution is 6.35. The maximum Gasteiger partial charge on any atom is 0.278 e. The Bertz CT molecular complexity index is 564. The molecule has 0 unspecified atom stereocenters. The quantitative estimate of drug-likeness (QED) is 0.599. The number of non-ortho nitro benzene ring substituents is 1. The van der Waals surface area contributed by atoms with E-state index in [2.05, 4.69) is 6.07 Å². The Morgan fingerprint density at radius 1 is 1.06 bits per heavy atom. The molecule has 17 heavy (non-hydrogen) atoms. The highest BCUT2D eigenvalue weighted by atomic mass is 35.5. The van der Waals surface area contributed by atoms with Gasteiger partial charge in [0, 0.05) is 16.1 Å². The average molecular weight is 267 g/mol. The molecule has 0 saturated carbocycles. The van der Waals surface area contributed by atoms with Crippen molar-refractivity contribution in [1.29, 1.82) is 0 Å². The highest BCUT2D eigenvalue weighted by Crippen LogP contribution is 2.28. The Morgan fingerprint density at radius 3 is 2.29 bits per heavy atom. The van der Waals surface area contributed by atoms with Gasteiger partial charge in [-0.2, -0.15) is 0 Å². The maximum atomic E-state index is 10.6. The molecule has 0 heterocycles. The van der Waals surface area contributed by atoms with E-state index in [1.807, 2.05) is 0 Å². The molecule has 2 rings (SSSR count). The van der Waals surface area contributed by atoms with E-state index in [0.29, 0.717) is 15.6 Å². The zero-order valence-corrected chi connectivity index (χ0v) is 10.00. The summed E-state index contributed by atoms with van der Waals surface area (Å²) in [6.07, 6.45) is 0. The van der Waals surface area contributed by atoms with Crippen molar-refractivity contribution in [2.75, 3.05) is 0 Å². The van der Waals surface area contributed by atoms with Crippen molar-refractivity contribution in [1.82, 2.24) is 0 Å². The van der Waals surface area contributed by atoms with Crippen LogP contribution in [0.5, 0.6) is 0 Å². The first-order chi connectivity index (χ1) is 8.06. The normalized spacial score (nSPS) is 10.2. The zero-order chi connectivity index (χ0) is 12.4. The van der Waals surface area contributed by atoms with Crippen molar-refractivity contribution in [2.24, 2.45) is 0 Å². The summed E-state index contributed by atoms with van der Waals surface area (Å²) < 4.78 is 0. The van der Waals surface area contributed by atoms with Crippen molar-refractivity contribution >= 4 is 28.9 Å². The molecule has 0 N–H and O–H groups in total. The number of halogens is 2. The lowest BCUT2D eigenvalue weighted by Crippen LogP contribution is -1.88. The number of nitro groups is 1. The van der Waals surface area contributed by atoms with E-state index in [1.165, 1.54) is 12.1 Å². The minimum absolute atomic E-state index is 0.0846. The molecule has 1 radical (unpaired) electrons. The van der Waals surface area contributed by atoms with Crippen molar-refractivity contribution in [2.45, 2.75) is 0 Å². The number of hydrogen-bond donors (Lipinski definition) is 0. The van der Waals surface area contributed by atoms with E-state index in [4.69, 9.17) is 23.2 Å².